The second-order valence-electron chi connectivity index (χ2n) is 6.96. The minimum atomic E-state index is -4.44. The molecule has 1 aromatic heterocycles. The number of alkyl halides is 3. The monoisotopic (exact) mass is 537 g/mol. The van der Waals surface area contributed by atoms with Crippen molar-refractivity contribution in [1.82, 2.24) is 20.0 Å². The quantitative estimate of drug-likeness (QED) is 0.263. The Bertz CT molecular complexity index is 840. The molecule has 3 rings (SSSR count). The molecule has 0 amide bonds. The normalized spacial score (nSPS) is 17.0. The molecule has 0 spiro atoms. The summed E-state index contributed by atoms with van der Waals surface area (Å²) in [5, 5.41) is 7.49. The van der Waals surface area contributed by atoms with Crippen molar-refractivity contribution in [3.8, 4) is 5.75 Å². The summed E-state index contributed by atoms with van der Waals surface area (Å²) < 4.78 is 46.3. The van der Waals surface area contributed by atoms with Gasteiger partial charge in [-0.2, -0.15) is 18.3 Å². The summed E-state index contributed by atoms with van der Waals surface area (Å²) in [6.07, 6.45) is 0.492. The fourth-order valence-corrected chi connectivity index (χ4v) is 3.44. The summed E-state index contributed by atoms with van der Waals surface area (Å²) in [4.78, 5) is 6.71. The average Bonchev–Trinajstić information content (AvgIpc) is 3.33. The number of aryl methyl sites for hydroxylation is 1. The second-order valence-corrected chi connectivity index (χ2v) is 6.96. The number of hydrogen-bond donors (Lipinski definition) is 1. The number of nitrogens with one attached hydrogen (secondary N) is 1. The van der Waals surface area contributed by atoms with Crippen molar-refractivity contribution in [2.75, 3.05) is 32.8 Å². The molecule has 1 fully saturated rings. The minimum Gasteiger partial charge on any atom is -0.491 e. The smallest absolute Gasteiger partial charge is 0.419 e. The molecule has 2 heterocycles. The van der Waals surface area contributed by atoms with E-state index in [4.69, 9.17) is 4.74 Å². The first kappa shape index (κ1) is 24.3. The van der Waals surface area contributed by atoms with E-state index in [1.54, 1.807) is 4.68 Å². The highest BCUT2D eigenvalue weighted by atomic mass is 127. The van der Waals surface area contributed by atoms with Gasteiger partial charge in [0.1, 0.15) is 12.4 Å². The van der Waals surface area contributed by atoms with Crippen LogP contribution in [0.5, 0.6) is 5.75 Å². The molecule has 0 aliphatic carbocycles. The molecule has 166 valence electrons. The molecule has 1 aliphatic heterocycles. The van der Waals surface area contributed by atoms with Crippen molar-refractivity contribution in [1.29, 1.82) is 0 Å². The molecule has 2 aromatic rings. The van der Waals surface area contributed by atoms with Crippen molar-refractivity contribution >= 4 is 29.9 Å². The first-order valence-electron chi connectivity index (χ1n) is 9.69. The van der Waals surface area contributed by atoms with Crippen molar-refractivity contribution in [3.05, 3.63) is 47.8 Å². The van der Waals surface area contributed by atoms with Gasteiger partial charge in [-0.1, -0.05) is 12.1 Å². The Balaban J connectivity index is 0.00000320. The molecule has 10 heteroatoms. The number of para-hydroxylation sites is 1. The summed E-state index contributed by atoms with van der Waals surface area (Å²) >= 11 is 0. The van der Waals surface area contributed by atoms with Gasteiger partial charge < -0.3 is 15.0 Å². The molecule has 1 aliphatic rings. The number of halogens is 4. The predicted octanol–water partition coefficient (Wildman–Crippen LogP) is 3.89. The van der Waals surface area contributed by atoms with Gasteiger partial charge in [-0.15, -0.1) is 24.0 Å². The van der Waals surface area contributed by atoms with Crippen LogP contribution in [-0.4, -0.2) is 53.4 Å². The standard InChI is InChI=1S/C20H26F3N5O.HI/c1-3-24-19(28-10-8-15(14-28)16-12-26-27(2)13-16)25-9-11-29-18-7-5-4-6-17(18)20(21,22)23;/h4-7,12-13,15H,3,8-11,14H2,1-2H3,(H,24,25);1H. The Hall–Kier alpha value is -1.98. The van der Waals surface area contributed by atoms with E-state index in [0.29, 0.717) is 12.5 Å². The van der Waals surface area contributed by atoms with E-state index < -0.39 is 11.7 Å². The van der Waals surface area contributed by atoms with Crippen LogP contribution in [0.4, 0.5) is 13.2 Å². The van der Waals surface area contributed by atoms with Crippen molar-refractivity contribution < 1.29 is 17.9 Å². The third-order valence-electron chi connectivity index (χ3n) is 4.82. The SMILES string of the molecule is CCNC(=NCCOc1ccccc1C(F)(F)F)N1CCC(c2cnn(C)c2)C1.I. The van der Waals surface area contributed by atoms with Gasteiger partial charge >= 0.3 is 6.18 Å². The summed E-state index contributed by atoms with van der Waals surface area (Å²) in [6.45, 7) is 4.73. The molecular formula is C20H27F3IN5O. The summed E-state index contributed by atoms with van der Waals surface area (Å²) in [6, 6.07) is 5.23. The number of aliphatic imine (C=N–C) groups is 1. The largest absolute Gasteiger partial charge is 0.491 e. The number of likely N-dealkylation sites (tertiary alicyclic amines) is 1. The molecule has 1 saturated heterocycles. The van der Waals surface area contributed by atoms with E-state index in [9.17, 15) is 13.2 Å². The molecule has 1 N–H and O–H groups in total. The lowest BCUT2D eigenvalue weighted by atomic mass is 10.0. The maximum atomic E-state index is 13.0. The van der Waals surface area contributed by atoms with E-state index in [1.807, 2.05) is 26.4 Å². The Morgan fingerprint density at radius 3 is 2.77 bits per heavy atom. The number of rotatable bonds is 6. The Labute approximate surface area is 191 Å². The van der Waals surface area contributed by atoms with Crippen LogP contribution < -0.4 is 10.1 Å². The van der Waals surface area contributed by atoms with Crippen LogP contribution in [0.1, 0.15) is 30.4 Å². The summed E-state index contributed by atoms with van der Waals surface area (Å²) in [7, 11) is 1.90. The molecule has 0 radical (unpaired) electrons. The topological polar surface area (TPSA) is 54.7 Å². The van der Waals surface area contributed by atoms with Gasteiger partial charge in [0.25, 0.3) is 0 Å². The van der Waals surface area contributed by atoms with Crippen LogP contribution >= 0.6 is 24.0 Å². The Morgan fingerprint density at radius 2 is 2.10 bits per heavy atom. The lowest BCUT2D eigenvalue weighted by Gasteiger charge is -2.21. The lowest BCUT2D eigenvalue weighted by molar-refractivity contribution is -0.138. The highest BCUT2D eigenvalue weighted by Crippen LogP contribution is 2.35. The number of benzene rings is 1. The highest BCUT2D eigenvalue weighted by Gasteiger charge is 2.34. The van der Waals surface area contributed by atoms with Crippen LogP contribution in [-0.2, 0) is 13.2 Å². The third kappa shape index (κ3) is 6.26. The molecule has 0 saturated carbocycles. The van der Waals surface area contributed by atoms with Gasteiger partial charge in [-0.05, 0) is 31.0 Å². The fraction of sp³-hybridized carbons (Fsp3) is 0.500. The zero-order valence-corrected chi connectivity index (χ0v) is 19.4. The zero-order valence-electron chi connectivity index (χ0n) is 17.0. The lowest BCUT2D eigenvalue weighted by Crippen LogP contribution is -2.40. The molecule has 0 bridgehead atoms. The van der Waals surface area contributed by atoms with Crippen molar-refractivity contribution in [3.63, 3.8) is 0 Å². The van der Waals surface area contributed by atoms with Gasteiger partial charge in [0, 0.05) is 38.8 Å². The van der Waals surface area contributed by atoms with E-state index in [-0.39, 0.29) is 42.9 Å². The number of guanidine groups is 1. The van der Waals surface area contributed by atoms with Gasteiger partial charge in [-0.3, -0.25) is 4.68 Å². The fourth-order valence-electron chi connectivity index (χ4n) is 3.44. The molecule has 1 unspecified atom stereocenters. The van der Waals surface area contributed by atoms with Crippen LogP contribution in [0.25, 0.3) is 0 Å². The van der Waals surface area contributed by atoms with E-state index in [2.05, 4.69) is 20.3 Å². The number of nitrogens with zero attached hydrogens (tertiary/aromatic N) is 4. The summed E-state index contributed by atoms with van der Waals surface area (Å²) in [5.41, 5.74) is 0.438. The second kappa shape index (κ2) is 10.9. The molecule has 6 nitrogen and oxygen atoms in total. The predicted molar refractivity (Wildman–Crippen MR) is 120 cm³/mol. The van der Waals surface area contributed by atoms with Crippen LogP contribution in [0.2, 0.25) is 0 Å². The maximum absolute atomic E-state index is 13.0. The first-order valence-corrected chi connectivity index (χ1v) is 9.69. The Morgan fingerprint density at radius 1 is 1.33 bits per heavy atom. The van der Waals surface area contributed by atoms with Gasteiger partial charge in [-0.25, -0.2) is 4.99 Å². The van der Waals surface area contributed by atoms with Crippen LogP contribution in [0.15, 0.2) is 41.7 Å². The van der Waals surface area contributed by atoms with E-state index in [0.717, 1.165) is 31.5 Å². The number of hydrogen-bond acceptors (Lipinski definition) is 3. The molecule has 1 atom stereocenters. The molecule has 1 aromatic carbocycles. The highest BCUT2D eigenvalue weighted by molar-refractivity contribution is 14.0. The Kier molecular flexibility index (Phi) is 8.80. The van der Waals surface area contributed by atoms with E-state index >= 15 is 0 Å². The van der Waals surface area contributed by atoms with Gasteiger partial charge in [0.2, 0.25) is 0 Å². The van der Waals surface area contributed by atoms with Crippen LogP contribution in [0, 0.1) is 0 Å². The van der Waals surface area contributed by atoms with Gasteiger partial charge in [0.15, 0.2) is 5.96 Å². The van der Waals surface area contributed by atoms with Gasteiger partial charge in [0.05, 0.1) is 18.3 Å². The zero-order chi connectivity index (χ0) is 20.9. The maximum Gasteiger partial charge on any atom is 0.419 e. The molecule has 30 heavy (non-hydrogen) atoms. The number of ether oxygens (including phenoxy) is 1. The van der Waals surface area contributed by atoms with Crippen LogP contribution in [0.3, 0.4) is 0 Å². The van der Waals surface area contributed by atoms with Crippen molar-refractivity contribution in [2.24, 2.45) is 12.0 Å². The third-order valence-corrected chi connectivity index (χ3v) is 4.82. The van der Waals surface area contributed by atoms with E-state index in [1.165, 1.54) is 23.8 Å². The summed E-state index contributed by atoms with van der Waals surface area (Å²) in [5.74, 6) is 0.979. The molecular weight excluding hydrogens is 510 g/mol. The average molecular weight is 537 g/mol. The number of aromatic nitrogens is 2. The first-order chi connectivity index (χ1) is 13.9. The van der Waals surface area contributed by atoms with Crippen molar-refractivity contribution in [2.45, 2.75) is 25.4 Å². The minimum absolute atomic E-state index is 0.